The van der Waals surface area contributed by atoms with Gasteiger partial charge in [0.05, 0.1) is 5.60 Å². The molecule has 7 heteroatoms. The number of piperidine rings is 1. The number of pyridine rings is 1. The summed E-state index contributed by atoms with van der Waals surface area (Å²) in [4.78, 5) is 42.5. The summed E-state index contributed by atoms with van der Waals surface area (Å²) in [6.45, 7) is 3.50. The van der Waals surface area contributed by atoms with E-state index < -0.39 is 11.6 Å². The summed E-state index contributed by atoms with van der Waals surface area (Å²) in [5.74, 6) is -0.517. The Morgan fingerprint density at radius 3 is 2.50 bits per heavy atom. The van der Waals surface area contributed by atoms with Crippen molar-refractivity contribution in [3.8, 4) is 0 Å². The van der Waals surface area contributed by atoms with Crippen molar-refractivity contribution in [1.82, 2.24) is 15.2 Å². The smallest absolute Gasteiger partial charge is 0.222 e. The van der Waals surface area contributed by atoms with Crippen LogP contribution in [-0.4, -0.2) is 57.3 Å². The van der Waals surface area contributed by atoms with Crippen LogP contribution >= 0.6 is 0 Å². The molecule has 2 heterocycles. The molecule has 2 aliphatic rings. The Morgan fingerprint density at radius 1 is 1.09 bits per heavy atom. The predicted octanol–water partition coefficient (Wildman–Crippen LogP) is 2.51. The van der Waals surface area contributed by atoms with Crippen LogP contribution in [0.1, 0.15) is 82.2 Å². The van der Waals surface area contributed by atoms with Gasteiger partial charge < -0.3 is 15.3 Å². The molecule has 0 radical (unpaired) electrons. The normalized spacial score (nSPS) is 18.5. The van der Waals surface area contributed by atoms with Crippen LogP contribution in [0.15, 0.2) is 12.1 Å². The Bertz CT molecular complexity index is 830. The van der Waals surface area contributed by atoms with Crippen molar-refractivity contribution < 1.29 is 19.5 Å². The van der Waals surface area contributed by atoms with E-state index in [1.807, 2.05) is 0 Å². The molecule has 1 saturated heterocycles. The number of unbranched alkanes of at least 4 members (excludes halogenated alkanes) is 2. The number of aryl methyl sites for hydroxylation is 3. The molecule has 1 unspecified atom stereocenters. The van der Waals surface area contributed by atoms with Crippen molar-refractivity contribution in [2.24, 2.45) is 0 Å². The number of likely N-dealkylation sites (tertiary alicyclic amines) is 1. The van der Waals surface area contributed by atoms with Crippen LogP contribution in [0.5, 0.6) is 0 Å². The molecule has 2 N–H and O–H groups in total. The lowest BCUT2D eigenvalue weighted by Gasteiger charge is -2.42. The number of rotatable bonds is 9. The van der Waals surface area contributed by atoms with E-state index in [4.69, 9.17) is 4.98 Å². The fraction of sp³-hybridized carbons (Fsp3) is 0.680. The standard InChI is InChI=1S/C25H37N3O4/c1-18(29)24(26-19(2)30)25(32)14-16-28(17-15-25)23(31)11-5-3-4-9-21-13-12-20-8-6-7-10-22(20)27-21/h12-13,24,32H,3-11,14-17H2,1-2H3,(H,26,30). The molecule has 176 valence electrons. The van der Waals surface area contributed by atoms with E-state index in [0.717, 1.165) is 44.2 Å². The lowest BCUT2D eigenvalue weighted by molar-refractivity contribution is -0.142. The molecule has 1 atom stereocenters. The number of aliphatic hydroxyl groups is 1. The van der Waals surface area contributed by atoms with Gasteiger partial charge in [-0.15, -0.1) is 0 Å². The number of nitrogens with one attached hydrogen (secondary N) is 1. The maximum atomic E-state index is 12.6. The quantitative estimate of drug-likeness (QED) is 0.571. The number of hydrogen-bond donors (Lipinski definition) is 2. The summed E-state index contributed by atoms with van der Waals surface area (Å²) < 4.78 is 0. The molecule has 0 aromatic carbocycles. The largest absolute Gasteiger partial charge is 0.387 e. The zero-order chi connectivity index (χ0) is 23.1. The first kappa shape index (κ1) is 24.4. The van der Waals surface area contributed by atoms with Gasteiger partial charge >= 0.3 is 0 Å². The number of fused-ring (bicyclic) bond motifs is 1. The van der Waals surface area contributed by atoms with Gasteiger partial charge in [-0.2, -0.15) is 0 Å². The second-order valence-corrected chi connectivity index (χ2v) is 9.40. The van der Waals surface area contributed by atoms with Gasteiger partial charge in [0.25, 0.3) is 0 Å². The van der Waals surface area contributed by atoms with Gasteiger partial charge in [0.2, 0.25) is 11.8 Å². The van der Waals surface area contributed by atoms with Crippen LogP contribution < -0.4 is 5.32 Å². The van der Waals surface area contributed by atoms with Gasteiger partial charge in [-0.05, 0) is 76.3 Å². The molecule has 7 nitrogen and oxygen atoms in total. The topological polar surface area (TPSA) is 99.6 Å². The number of hydrogen-bond acceptors (Lipinski definition) is 5. The van der Waals surface area contributed by atoms with Crippen LogP contribution in [-0.2, 0) is 33.6 Å². The molecule has 0 saturated carbocycles. The molecule has 0 spiro atoms. The molecule has 0 bridgehead atoms. The summed E-state index contributed by atoms with van der Waals surface area (Å²) in [7, 11) is 0. The molecular formula is C25H37N3O4. The van der Waals surface area contributed by atoms with Crippen molar-refractivity contribution in [3.05, 3.63) is 29.1 Å². The monoisotopic (exact) mass is 443 g/mol. The number of Topliss-reactive ketones (excluding diaryl/α,β-unsaturated/α-hetero) is 1. The average molecular weight is 444 g/mol. The van der Waals surface area contributed by atoms with Crippen LogP contribution in [0, 0.1) is 0 Å². The zero-order valence-corrected chi connectivity index (χ0v) is 19.5. The second-order valence-electron chi connectivity index (χ2n) is 9.40. The molecule has 1 aromatic heterocycles. The van der Waals surface area contributed by atoms with Crippen LogP contribution in [0.3, 0.4) is 0 Å². The molecule has 32 heavy (non-hydrogen) atoms. The van der Waals surface area contributed by atoms with E-state index in [2.05, 4.69) is 17.4 Å². The molecule has 1 aliphatic heterocycles. The average Bonchev–Trinajstić information content (AvgIpc) is 2.77. The molecular weight excluding hydrogens is 406 g/mol. The molecule has 1 aromatic rings. The summed E-state index contributed by atoms with van der Waals surface area (Å²) in [6.07, 6.45) is 9.63. The van der Waals surface area contributed by atoms with E-state index >= 15 is 0 Å². The molecule has 1 fully saturated rings. The first-order valence-electron chi connectivity index (χ1n) is 12.0. The van der Waals surface area contributed by atoms with Crippen molar-refractivity contribution >= 4 is 17.6 Å². The van der Waals surface area contributed by atoms with E-state index in [1.54, 1.807) is 4.90 Å². The molecule has 2 amide bonds. The number of aromatic nitrogens is 1. The Kier molecular flexibility index (Phi) is 8.40. The summed E-state index contributed by atoms with van der Waals surface area (Å²) in [5.41, 5.74) is 2.55. The minimum Gasteiger partial charge on any atom is -0.387 e. The SMILES string of the molecule is CC(=O)NC(C(C)=O)C1(O)CCN(C(=O)CCCCCc2ccc3c(n2)CCCC3)CC1. The highest BCUT2D eigenvalue weighted by Gasteiger charge is 2.43. The van der Waals surface area contributed by atoms with Gasteiger partial charge in [-0.1, -0.05) is 12.5 Å². The highest BCUT2D eigenvalue weighted by molar-refractivity contribution is 5.88. The first-order valence-corrected chi connectivity index (χ1v) is 12.0. The number of carbonyl (C=O) groups is 3. The van der Waals surface area contributed by atoms with Crippen molar-refractivity contribution in [1.29, 1.82) is 0 Å². The summed E-state index contributed by atoms with van der Waals surface area (Å²) >= 11 is 0. The molecule has 1 aliphatic carbocycles. The third kappa shape index (κ3) is 6.37. The lowest BCUT2D eigenvalue weighted by Crippen LogP contribution is -2.60. The maximum absolute atomic E-state index is 12.6. The van der Waals surface area contributed by atoms with Crippen LogP contribution in [0.25, 0.3) is 0 Å². The Balaban J connectivity index is 1.37. The van der Waals surface area contributed by atoms with Crippen LogP contribution in [0.2, 0.25) is 0 Å². The minimum absolute atomic E-state index is 0.0952. The predicted molar refractivity (Wildman–Crippen MR) is 122 cm³/mol. The van der Waals surface area contributed by atoms with Crippen molar-refractivity contribution in [2.45, 2.75) is 96.1 Å². The van der Waals surface area contributed by atoms with Gasteiger partial charge in [-0.3, -0.25) is 19.4 Å². The van der Waals surface area contributed by atoms with Gasteiger partial charge in [0.15, 0.2) is 5.78 Å². The summed E-state index contributed by atoms with van der Waals surface area (Å²) in [5, 5.41) is 13.5. The van der Waals surface area contributed by atoms with E-state index in [9.17, 15) is 19.5 Å². The maximum Gasteiger partial charge on any atom is 0.222 e. The van der Waals surface area contributed by atoms with Gasteiger partial charge in [-0.25, -0.2) is 0 Å². The number of amides is 2. The van der Waals surface area contributed by atoms with Crippen molar-refractivity contribution in [2.75, 3.05) is 13.1 Å². The lowest BCUT2D eigenvalue weighted by atomic mass is 9.82. The number of ketones is 1. The fourth-order valence-corrected chi connectivity index (χ4v) is 4.93. The number of nitrogens with zero attached hydrogens (tertiary/aromatic N) is 2. The second kappa shape index (κ2) is 11.0. The number of carbonyl (C=O) groups excluding carboxylic acids is 3. The van der Waals surface area contributed by atoms with Crippen molar-refractivity contribution in [3.63, 3.8) is 0 Å². The zero-order valence-electron chi connectivity index (χ0n) is 19.5. The highest BCUT2D eigenvalue weighted by Crippen LogP contribution is 2.27. The summed E-state index contributed by atoms with van der Waals surface area (Å²) in [6, 6.07) is 3.47. The van der Waals surface area contributed by atoms with Gasteiger partial charge in [0.1, 0.15) is 6.04 Å². The van der Waals surface area contributed by atoms with E-state index in [0.29, 0.717) is 19.5 Å². The third-order valence-electron chi connectivity index (χ3n) is 6.83. The van der Waals surface area contributed by atoms with Gasteiger partial charge in [0, 0.05) is 37.8 Å². The Labute approximate surface area is 191 Å². The Morgan fingerprint density at radius 2 is 1.81 bits per heavy atom. The van der Waals surface area contributed by atoms with E-state index in [-0.39, 0.29) is 30.4 Å². The fourth-order valence-electron chi connectivity index (χ4n) is 4.93. The molecule has 3 rings (SSSR count). The first-order chi connectivity index (χ1) is 15.3. The minimum atomic E-state index is -1.30. The highest BCUT2D eigenvalue weighted by atomic mass is 16.3. The Hall–Kier alpha value is -2.28. The van der Waals surface area contributed by atoms with E-state index in [1.165, 1.54) is 37.9 Å². The van der Waals surface area contributed by atoms with Crippen LogP contribution in [0.4, 0.5) is 0 Å². The third-order valence-corrected chi connectivity index (χ3v) is 6.83.